The van der Waals surface area contributed by atoms with Gasteiger partial charge in [0.25, 0.3) is 0 Å². The Morgan fingerprint density at radius 1 is 1.28 bits per heavy atom. The Hall–Kier alpha value is -0.930. The molecule has 100 valence electrons. The van der Waals surface area contributed by atoms with Crippen molar-refractivity contribution in [3.8, 4) is 0 Å². The van der Waals surface area contributed by atoms with Crippen molar-refractivity contribution >= 4 is 0 Å². The van der Waals surface area contributed by atoms with Crippen molar-refractivity contribution in [2.24, 2.45) is 0 Å². The zero-order chi connectivity index (χ0) is 13.0. The van der Waals surface area contributed by atoms with Gasteiger partial charge in [0.1, 0.15) is 5.82 Å². The van der Waals surface area contributed by atoms with Gasteiger partial charge in [-0.25, -0.2) is 4.39 Å². The Morgan fingerprint density at radius 3 is 2.67 bits per heavy atom. The largest absolute Gasteiger partial charge is 0.381 e. The maximum atomic E-state index is 12.9. The van der Waals surface area contributed by atoms with E-state index in [1.807, 2.05) is 12.1 Å². The molecule has 1 aliphatic carbocycles. The minimum absolute atomic E-state index is 0.178. The van der Waals surface area contributed by atoms with E-state index in [-0.39, 0.29) is 11.9 Å². The van der Waals surface area contributed by atoms with Gasteiger partial charge in [-0.2, -0.15) is 0 Å². The summed E-state index contributed by atoms with van der Waals surface area (Å²) in [6, 6.07) is 7.50. The van der Waals surface area contributed by atoms with E-state index in [9.17, 15) is 4.39 Å². The molecule has 0 saturated heterocycles. The highest BCUT2D eigenvalue weighted by molar-refractivity contribution is 5.19. The molecule has 2 nitrogen and oxygen atoms in total. The lowest BCUT2D eigenvalue weighted by atomic mass is 9.92. The quantitative estimate of drug-likeness (QED) is 0.885. The molecular weight excluding hydrogens is 229 g/mol. The average Bonchev–Trinajstić information content (AvgIpc) is 2.39. The molecule has 2 rings (SSSR count). The van der Waals surface area contributed by atoms with Crippen molar-refractivity contribution in [3.05, 3.63) is 35.6 Å². The Morgan fingerprint density at radius 2 is 2.00 bits per heavy atom. The molecule has 3 unspecified atom stereocenters. The second-order valence-corrected chi connectivity index (χ2v) is 5.16. The van der Waals surface area contributed by atoms with Crippen LogP contribution < -0.4 is 5.32 Å². The number of ether oxygens (including phenoxy) is 1. The van der Waals surface area contributed by atoms with Crippen molar-refractivity contribution < 1.29 is 9.13 Å². The molecule has 18 heavy (non-hydrogen) atoms. The van der Waals surface area contributed by atoms with Gasteiger partial charge in [-0.15, -0.1) is 0 Å². The average molecular weight is 251 g/mol. The fourth-order valence-electron chi connectivity index (χ4n) is 2.71. The fraction of sp³-hybridized carbons (Fsp3) is 0.600. The minimum atomic E-state index is -0.178. The second-order valence-electron chi connectivity index (χ2n) is 5.16. The number of rotatable bonds is 4. The molecule has 3 atom stereocenters. The van der Waals surface area contributed by atoms with Crippen molar-refractivity contribution in [2.45, 2.75) is 50.8 Å². The Balaban J connectivity index is 1.90. The first-order valence-electron chi connectivity index (χ1n) is 6.73. The summed E-state index contributed by atoms with van der Waals surface area (Å²) in [5, 5.41) is 3.62. The van der Waals surface area contributed by atoms with E-state index in [1.54, 1.807) is 7.11 Å². The molecule has 3 heteroatoms. The van der Waals surface area contributed by atoms with Crippen LogP contribution in [0.25, 0.3) is 0 Å². The monoisotopic (exact) mass is 251 g/mol. The molecule has 1 saturated carbocycles. The predicted molar refractivity (Wildman–Crippen MR) is 71.0 cm³/mol. The summed E-state index contributed by atoms with van der Waals surface area (Å²) in [5.41, 5.74) is 1.14. The summed E-state index contributed by atoms with van der Waals surface area (Å²) in [7, 11) is 1.79. The molecular formula is C15H22FNO. The van der Waals surface area contributed by atoms with E-state index < -0.39 is 0 Å². The van der Waals surface area contributed by atoms with Gasteiger partial charge < -0.3 is 10.1 Å². The predicted octanol–water partition coefficient (Wildman–Crippen LogP) is 3.43. The third-order valence-electron chi connectivity index (χ3n) is 3.82. The molecule has 0 bridgehead atoms. The molecule has 0 spiro atoms. The molecule has 1 fully saturated rings. The Bertz CT molecular complexity index is 365. The molecule has 0 radical (unpaired) electrons. The zero-order valence-electron chi connectivity index (χ0n) is 11.2. The first-order chi connectivity index (χ1) is 8.69. The van der Waals surface area contributed by atoms with Crippen LogP contribution in [0.5, 0.6) is 0 Å². The van der Waals surface area contributed by atoms with Gasteiger partial charge in [0.05, 0.1) is 6.10 Å². The van der Waals surface area contributed by atoms with E-state index in [0.717, 1.165) is 12.0 Å². The van der Waals surface area contributed by atoms with E-state index >= 15 is 0 Å². The lowest BCUT2D eigenvalue weighted by molar-refractivity contribution is 0.0572. The van der Waals surface area contributed by atoms with E-state index in [4.69, 9.17) is 4.74 Å². The maximum absolute atomic E-state index is 12.9. The van der Waals surface area contributed by atoms with E-state index in [1.165, 1.54) is 31.4 Å². The fourth-order valence-corrected chi connectivity index (χ4v) is 2.71. The standard InChI is InChI=1S/C15H22FNO/c1-11(12-6-8-13(16)9-7-12)17-14-4-3-5-15(10-14)18-2/h6-9,11,14-15,17H,3-5,10H2,1-2H3. The number of halogens is 1. The van der Waals surface area contributed by atoms with Crippen molar-refractivity contribution in [1.29, 1.82) is 0 Å². The second kappa shape index (κ2) is 6.30. The molecule has 1 aliphatic rings. The minimum Gasteiger partial charge on any atom is -0.381 e. The van der Waals surface area contributed by atoms with Gasteiger partial charge in [0.15, 0.2) is 0 Å². The van der Waals surface area contributed by atoms with Gasteiger partial charge >= 0.3 is 0 Å². The van der Waals surface area contributed by atoms with Crippen LogP contribution in [0.1, 0.15) is 44.2 Å². The topological polar surface area (TPSA) is 21.3 Å². The lowest BCUT2D eigenvalue weighted by Gasteiger charge is -2.31. The highest BCUT2D eigenvalue weighted by Gasteiger charge is 2.22. The highest BCUT2D eigenvalue weighted by atomic mass is 19.1. The van der Waals surface area contributed by atoms with Crippen LogP contribution in [0.2, 0.25) is 0 Å². The Labute approximate surface area is 109 Å². The molecule has 1 aromatic rings. The molecule has 0 aliphatic heterocycles. The summed E-state index contributed by atoms with van der Waals surface area (Å²) >= 11 is 0. The van der Waals surface area contributed by atoms with Crippen LogP contribution in [0.4, 0.5) is 4.39 Å². The summed E-state index contributed by atoms with van der Waals surface area (Å²) in [6.07, 6.45) is 5.04. The van der Waals surface area contributed by atoms with Gasteiger partial charge in [-0.05, 0) is 50.3 Å². The van der Waals surface area contributed by atoms with Crippen molar-refractivity contribution in [2.75, 3.05) is 7.11 Å². The van der Waals surface area contributed by atoms with E-state index in [0.29, 0.717) is 12.1 Å². The van der Waals surface area contributed by atoms with Gasteiger partial charge in [-0.3, -0.25) is 0 Å². The van der Waals surface area contributed by atoms with Crippen LogP contribution in [0.15, 0.2) is 24.3 Å². The number of hydrogen-bond acceptors (Lipinski definition) is 2. The summed E-state index contributed by atoms with van der Waals surface area (Å²) in [5.74, 6) is -0.178. The first-order valence-corrected chi connectivity index (χ1v) is 6.73. The van der Waals surface area contributed by atoms with Gasteiger partial charge in [-0.1, -0.05) is 12.1 Å². The molecule has 0 amide bonds. The van der Waals surface area contributed by atoms with Crippen molar-refractivity contribution in [3.63, 3.8) is 0 Å². The van der Waals surface area contributed by atoms with Gasteiger partial charge in [0, 0.05) is 19.2 Å². The maximum Gasteiger partial charge on any atom is 0.123 e. The Kier molecular flexibility index (Phi) is 4.72. The van der Waals surface area contributed by atoms with E-state index in [2.05, 4.69) is 12.2 Å². The SMILES string of the molecule is COC1CCCC(NC(C)c2ccc(F)cc2)C1. The van der Waals surface area contributed by atoms with Crippen LogP contribution in [-0.4, -0.2) is 19.3 Å². The van der Waals surface area contributed by atoms with Crippen LogP contribution in [0, 0.1) is 5.82 Å². The number of benzene rings is 1. The molecule has 0 heterocycles. The number of hydrogen-bond donors (Lipinski definition) is 1. The number of methoxy groups -OCH3 is 1. The normalized spacial score (nSPS) is 25.9. The van der Waals surface area contributed by atoms with Crippen molar-refractivity contribution in [1.82, 2.24) is 5.32 Å². The molecule has 1 N–H and O–H groups in total. The lowest BCUT2D eigenvalue weighted by Crippen LogP contribution is -2.38. The van der Waals surface area contributed by atoms with Crippen LogP contribution in [-0.2, 0) is 4.74 Å². The zero-order valence-corrected chi connectivity index (χ0v) is 11.2. The third-order valence-corrected chi connectivity index (χ3v) is 3.82. The third kappa shape index (κ3) is 3.53. The molecule has 1 aromatic carbocycles. The smallest absolute Gasteiger partial charge is 0.123 e. The summed E-state index contributed by atoms with van der Waals surface area (Å²) < 4.78 is 18.3. The summed E-state index contributed by atoms with van der Waals surface area (Å²) in [4.78, 5) is 0. The van der Waals surface area contributed by atoms with Gasteiger partial charge in [0.2, 0.25) is 0 Å². The first kappa shape index (κ1) is 13.5. The van der Waals surface area contributed by atoms with Crippen LogP contribution in [0.3, 0.4) is 0 Å². The molecule has 0 aromatic heterocycles. The van der Waals surface area contributed by atoms with Crippen LogP contribution >= 0.6 is 0 Å². The summed E-state index contributed by atoms with van der Waals surface area (Å²) in [6.45, 7) is 2.13. The highest BCUT2D eigenvalue weighted by Crippen LogP contribution is 2.23. The number of nitrogens with one attached hydrogen (secondary N) is 1.